The normalized spacial score (nSPS) is 14.9. The van der Waals surface area contributed by atoms with E-state index in [2.05, 4.69) is 15.9 Å². The first-order chi connectivity index (χ1) is 8.26. The van der Waals surface area contributed by atoms with Crippen LogP contribution in [-0.2, 0) is 9.84 Å². The van der Waals surface area contributed by atoms with Crippen LogP contribution in [0.4, 0.5) is 0 Å². The van der Waals surface area contributed by atoms with Gasteiger partial charge in [-0.1, -0.05) is 22.9 Å². The number of alkyl halides is 1. The second kappa shape index (κ2) is 5.40. The number of ketones is 1. The maximum atomic E-state index is 12.2. The lowest BCUT2D eigenvalue weighted by Gasteiger charge is -2.20. The lowest BCUT2D eigenvalue weighted by molar-refractivity contribution is 0.0983. The highest BCUT2D eigenvalue weighted by molar-refractivity contribution is 9.12. The summed E-state index contributed by atoms with van der Waals surface area (Å²) in [5.74, 6) is 0.0320. The number of hydrogen-bond donors (Lipinski definition) is 0. The average Bonchev–Trinajstić information content (AvgIpc) is 2.37. The van der Waals surface area contributed by atoms with Crippen molar-refractivity contribution < 1.29 is 17.9 Å². The van der Waals surface area contributed by atoms with Crippen LogP contribution < -0.4 is 4.74 Å². The molecule has 0 heterocycles. The average molecular weight is 335 g/mol. The second-order valence-corrected chi connectivity index (χ2v) is 8.61. The Hall–Kier alpha value is -0.880. The lowest BCUT2D eigenvalue weighted by Crippen LogP contribution is -2.38. The molecule has 0 N–H and O–H groups in total. The summed E-state index contributed by atoms with van der Waals surface area (Å²) in [5.41, 5.74) is 0.326. The number of sulfone groups is 1. The molecule has 0 aliphatic carbocycles. The molecular weight excluding hydrogens is 320 g/mol. The smallest absolute Gasteiger partial charge is 0.194 e. The number of benzene rings is 1. The zero-order valence-electron chi connectivity index (χ0n) is 10.4. The van der Waals surface area contributed by atoms with E-state index in [-0.39, 0.29) is 5.75 Å². The summed E-state index contributed by atoms with van der Waals surface area (Å²) < 4.78 is 27.1. The Balaban J connectivity index is 3.14. The Morgan fingerprint density at radius 2 is 1.83 bits per heavy atom. The fourth-order valence-electron chi connectivity index (χ4n) is 1.41. The summed E-state index contributed by atoms with van der Waals surface area (Å²) in [6.45, 7) is 2.87. The third-order valence-electron chi connectivity index (χ3n) is 2.72. The van der Waals surface area contributed by atoms with Crippen LogP contribution in [0, 0.1) is 0 Å². The number of halogens is 1. The molecule has 4 nitrogen and oxygen atoms in total. The van der Waals surface area contributed by atoms with Crippen molar-refractivity contribution in [2.75, 3.05) is 12.9 Å². The van der Waals surface area contributed by atoms with Crippen molar-refractivity contribution in [2.45, 2.75) is 17.5 Å². The third kappa shape index (κ3) is 2.75. The molecule has 0 bridgehead atoms. The van der Waals surface area contributed by atoms with Crippen molar-refractivity contribution in [3.05, 3.63) is 29.8 Å². The molecular formula is C12H15BrO4S. The minimum absolute atomic E-state index is 0.101. The van der Waals surface area contributed by atoms with Crippen molar-refractivity contribution >= 4 is 31.6 Å². The molecule has 1 aromatic carbocycles. The van der Waals surface area contributed by atoms with Crippen LogP contribution in [-0.4, -0.2) is 30.7 Å². The number of Topliss-reactive ketones (excluding diaryl/α,β-unsaturated/α-hetero) is 1. The van der Waals surface area contributed by atoms with E-state index in [0.29, 0.717) is 11.3 Å². The molecule has 0 amide bonds. The summed E-state index contributed by atoms with van der Waals surface area (Å²) in [6.07, 6.45) is 0. The van der Waals surface area contributed by atoms with Crippen LogP contribution in [0.15, 0.2) is 24.3 Å². The molecule has 6 heteroatoms. The molecule has 0 saturated carbocycles. The van der Waals surface area contributed by atoms with Gasteiger partial charge in [-0.05, 0) is 31.2 Å². The van der Waals surface area contributed by atoms with Crippen LogP contribution in [0.1, 0.15) is 24.2 Å². The van der Waals surface area contributed by atoms with Gasteiger partial charge in [0.2, 0.25) is 0 Å². The SMILES string of the molecule is CCS(=O)(=O)[C@@](C)(Br)C(=O)c1ccc(OC)cc1. The number of rotatable bonds is 5. The monoisotopic (exact) mass is 334 g/mol. The van der Waals surface area contributed by atoms with Gasteiger partial charge in [0.05, 0.1) is 7.11 Å². The van der Waals surface area contributed by atoms with Gasteiger partial charge in [0.25, 0.3) is 0 Å². The van der Waals surface area contributed by atoms with Gasteiger partial charge in [-0.25, -0.2) is 8.42 Å². The number of carbonyl (C=O) groups excluding carboxylic acids is 1. The highest BCUT2D eigenvalue weighted by atomic mass is 79.9. The summed E-state index contributed by atoms with van der Waals surface area (Å²) in [4.78, 5) is 12.2. The molecule has 0 radical (unpaired) electrons. The molecule has 0 spiro atoms. The maximum absolute atomic E-state index is 12.2. The fraction of sp³-hybridized carbons (Fsp3) is 0.417. The predicted octanol–water partition coefficient (Wildman–Crippen LogP) is 2.42. The predicted molar refractivity (Wildman–Crippen MR) is 74.1 cm³/mol. The zero-order valence-corrected chi connectivity index (χ0v) is 12.8. The first-order valence-corrected chi connectivity index (χ1v) is 7.81. The van der Waals surface area contributed by atoms with E-state index >= 15 is 0 Å². The van der Waals surface area contributed by atoms with Gasteiger partial charge in [-0.2, -0.15) is 0 Å². The molecule has 18 heavy (non-hydrogen) atoms. The molecule has 1 aromatic rings. The van der Waals surface area contributed by atoms with E-state index in [9.17, 15) is 13.2 Å². The number of methoxy groups -OCH3 is 1. The third-order valence-corrected chi connectivity index (χ3v) is 6.68. The molecule has 0 aromatic heterocycles. The van der Waals surface area contributed by atoms with E-state index < -0.39 is 19.3 Å². The highest BCUT2D eigenvalue weighted by Crippen LogP contribution is 2.30. The molecule has 1 atom stereocenters. The van der Waals surface area contributed by atoms with Crippen LogP contribution in [0.2, 0.25) is 0 Å². The molecule has 0 fully saturated rings. The van der Waals surface area contributed by atoms with Crippen LogP contribution >= 0.6 is 15.9 Å². The Morgan fingerprint density at radius 3 is 2.22 bits per heavy atom. The van der Waals surface area contributed by atoms with Gasteiger partial charge >= 0.3 is 0 Å². The van der Waals surface area contributed by atoms with E-state index in [1.54, 1.807) is 24.3 Å². The van der Waals surface area contributed by atoms with Gasteiger partial charge in [-0.15, -0.1) is 0 Å². The fourth-order valence-corrected chi connectivity index (χ4v) is 3.27. The molecule has 1 rings (SSSR count). The van der Waals surface area contributed by atoms with Crippen molar-refractivity contribution in [3.63, 3.8) is 0 Å². The first kappa shape index (κ1) is 15.2. The number of carbonyl (C=O) groups is 1. The Morgan fingerprint density at radius 1 is 1.33 bits per heavy atom. The molecule has 0 aliphatic heterocycles. The Labute approximate surface area is 115 Å². The lowest BCUT2D eigenvalue weighted by atomic mass is 10.1. The van der Waals surface area contributed by atoms with Crippen molar-refractivity contribution in [2.24, 2.45) is 0 Å². The van der Waals surface area contributed by atoms with Crippen LogP contribution in [0.5, 0.6) is 5.75 Å². The largest absolute Gasteiger partial charge is 0.497 e. The van der Waals surface area contributed by atoms with Gasteiger partial charge in [0.1, 0.15) is 5.75 Å². The molecule has 0 aliphatic rings. The van der Waals surface area contributed by atoms with Gasteiger partial charge in [0, 0.05) is 11.3 Å². The van der Waals surface area contributed by atoms with Gasteiger partial charge < -0.3 is 4.74 Å². The van der Waals surface area contributed by atoms with Crippen LogP contribution in [0.3, 0.4) is 0 Å². The first-order valence-electron chi connectivity index (χ1n) is 5.36. The topological polar surface area (TPSA) is 60.4 Å². The quantitative estimate of drug-likeness (QED) is 0.612. The Kier molecular flexibility index (Phi) is 4.55. The van der Waals surface area contributed by atoms with Gasteiger partial charge in [0.15, 0.2) is 19.3 Å². The van der Waals surface area contributed by atoms with E-state index in [1.165, 1.54) is 21.0 Å². The molecule has 0 unspecified atom stereocenters. The van der Waals surface area contributed by atoms with Crippen molar-refractivity contribution in [3.8, 4) is 5.75 Å². The van der Waals surface area contributed by atoms with E-state index in [4.69, 9.17) is 4.74 Å². The van der Waals surface area contributed by atoms with E-state index in [0.717, 1.165) is 0 Å². The number of ether oxygens (including phenoxy) is 1. The molecule has 100 valence electrons. The summed E-state index contributed by atoms with van der Waals surface area (Å²) in [6, 6.07) is 6.33. The van der Waals surface area contributed by atoms with Crippen molar-refractivity contribution in [1.29, 1.82) is 0 Å². The van der Waals surface area contributed by atoms with E-state index in [1.807, 2.05) is 0 Å². The van der Waals surface area contributed by atoms with Crippen molar-refractivity contribution in [1.82, 2.24) is 0 Å². The summed E-state index contributed by atoms with van der Waals surface area (Å²) >= 11 is 3.03. The highest BCUT2D eigenvalue weighted by Gasteiger charge is 2.42. The minimum atomic E-state index is -3.52. The standard InChI is InChI=1S/C12H15BrO4S/c1-4-18(15,16)12(2,13)11(14)9-5-7-10(17-3)8-6-9/h5-8H,4H2,1-3H3/t12-/m1/s1. The molecule has 0 saturated heterocycles. The maximum Gasteiger partial charge on any atom is 0.194 e. The summed E-state index contributed by atoms with van der Waals surface area (Å²) in [5, 5.41) is 0. The number of hydrogen-bond acceptors (Lipinski definition) is 4. The van der Waals surface area contributed by atoms with Gasteiger partial charge in [-0.3, -0.25) is 4.79 Å². The summed E-state index contributed by atoms with van der Waals surface area (Å²) in [7, 11) is -2.00. The minimum Gasteiger partial charge on any atom is -0.497 e. The Bertz CT molecular complexity index is 532. The second-order valence-electron chi connectivity index (χ2n) is 3.88. The zero-order chi connectivity index (χ0) is 14.0. The van der Waals surface area contributed by atoms with Crippen LogP contribution in [0.25, 0.3) is 0 Å².